The monoisotopic (exact) mass is 221 g/mol. The molecule has 0 spiro atoms. The van der Waals surface area contributed by atoms with Crippen molar-refractivity contribution in [3.05, 3.63) is 29.6 Å². The Kier molecular flexibility index (Phi) is 5.43. The summed E-state index contributed by atoms with van der Waals surface area (Å²) in [7, 11) is 2.14. The Morgan fingerprint density at radius 1 is 1.38 bits per heavy atom. The molecule has 3 heteroatoms. The van der Waals surface area contributed by atoms with Gasteiger partial charge in [0.25, 0.3) is 0 Å². The molecule has 0 radical (unpaired) electrons. The lowest BCUT2D eigenvalue weighted by atomic mass is 10.2. The van der Waals surface area contributed by atoms with Crippen LogP contribution in [0.2, 0.25) is 0 Å². The number of hydrogen-bond acceptors (Lipinski definition) is 3. The summed E-state index contributed by atoms with van der Waals surface area (Å²) in [4.78, 5) is 6.51. The van der Waals surface area contributed by atoms with Crippen molar-refractivity contribution in [1.29, 1.82) is 0 Å². The molecule has 0 atom stereocenters. The lowest BCUT2D eigenvalue weighted by Gasteiger charge is -2.18. The minimum atomic E-state index is 0.564. The molecule has 0 aliphatic rings. The van der Waals surface area contributed by atoms with Crippen LogP contribution in [0.25, 0.3) is 0 Å². The minimum absolute atomic E-state index is 0.564. The van der Waals surface area contributed by atoms with Gasteiger partial charge < -0.3 is 10.2 Å². The van der Waals surface area contributed by atoms with E-state index in [-0.39, 0.29) is 0 Å². The molecule has 0 bridgehead atoms. The summed E-state index contributed by atoms with van der Waals surface area (Å²) in [5.41, 5.74) is 2.51. The highest BCUT2D eigenvalue weighted by molar-refractivity contribution is 5.16. The van der Waals surface area contributed by atoms with Crippen LogP contribution >= 0.6 is 0 Å². The molecule has 0 saturated carbocycles. The molecule has 0 aliphatic heterocycles. The SMILES string of the molecule is Cc1cncc(CN(C)CCNC(C)C)c1. The predicted molar refractivity (Wildman–Crippen MR) is 68.4 cm³/mol. The Hall–Kier alpha value is -0.930. The van der Waals surface area contributed by atoms with Gasteiger partial charge in [-0.1, -0.05) is 19.9 Å². The summed E-state index contributed by atoms with van der Waals surface area (Å²) in [5.74, 6) is 0. The van der Waals surface area contributed by atoms with E-state index in [1.165, 1.54) is 11.1 Å². The molecule has 0 amide bonds. The van der Waals surface area contributed by atoms with Crippen molar-refractivity contribution in [3.63, 3.8) is 0 Å². The van der Waals surface area contributed by atoms with Gasteiger partial charge in [-0.15, -0.1) is 0 Å². The van der Waals surface area contributed by atoms with Crippen LogP contribution in [0, 0.1) is 6.92 Å². The number of aromatic nitrogens is 1. The van der Waals surface area contributed by atoms with Crippen molar-refractivity contribution in [2.24, 2.45) is 0 Å². The van der Waals surface area contributed by atoms with Crippen molar-refractivity contribution in [2.75, 3.05) is 20.1 Å². The molecule has 1 heterocycles. The van der Waals surface area contributed by atoms with Crippen molar-refractivity contribution in [3.8, 4) is 0 Å². The van der Waals surface area contributed by atoms with Gasteiger partial charge in [0.05, 0.1) is 0 Å². The molecular weight excluding hydrogens is 198 g/mol. The van der Waals surface area contributed by atoms with E-state index in [1.54, 1.807) is 0 Å². The Morgan fingerprint density at radius 3 is 2.75 bits per heavy atom. The van der Waals surface area contributed by atoms with Crippen LogP contribution in [0.5, 0.6) is 0 Å². The maximum atomic E-state index is 4.20. The number of pyridine rings is 1. The molecule has 90 valence electrons. The van der Waals surface area contributed by atoms with E-state index in [0.29, 0.717) is 6.04 Å². The Labute approximate surface area is 98.9 Å². The zero-order chi connectivity index (χ0) is 12.0. The fraction of sp³-hybridized carbons (Fsp3) is 0.615. The quantitative estimate of drug-likeness (QED) is 0.794. The standard InChI is InChI=1S/C13H23N3/c1-11(2)15-5-6-16(4)10-13-7-12(3)8-14-9-13/h7-9,11,15H,5-6,10H2,1-4H3. The van der Waals surface area contributed by atoms with Crippen molar-refractivity contribution in [2.45, 2.75) is 33.4 Å². The van der Waals surface area contributed by atoms with Gasteiger partial charge in [-0.3, -0.25) is 4.98 Å². The third-order valence-corrected chi connectivity index (χ3v) is 2.43. The summed E-state index contributed by atoms with van der Waals surface area (Å²) in [5, 5.41) is 3.42. The van der Waals surface area contributed by atoms with Crippen LogP contribution in [-0.2, 0) is 6.54 Å². The maximum absolute atomic E-state index is 4.20. The van der Waals surface area contributed by atoms with Crippen molar-refractivity contribution in [1.82, 2.24) is 15.2 Å². The second kappa shape index (κ2) is 6.61. The molecule has 1 aromatic rings. The van der Waals surface area contributed by atoms with Crippen LogP contribution in [0.4, 0.5) is 0 Å². The highest BCUT2D eigenvalue weighted by Crippen LogP contribution is 2.03. The van der Waals surface area contributed by atoms with E-state index in [9.17, 15) is 0 Å². The van der Waals surface area contributed by atoms with Gasteiger partial charge in [-0.25, -0.2) is 0 Å². The van der Waals surface area contributed by atoms with Gasteiger partial charge in [0, 0.05) is 38.1 Å². The first kappa shape index (κ1) is 13.1. The molecule has 0 aromatic carbocycles. The number of rotatable bonds is 6. The molecule has 0 fully saturated rings. The molecule has 1 aromatic heterocycles. The number of hydrogen-bond donors (Lipinski definition) is 1. The lowest BCUT2D eigenvalue weighted by Crippen LogP contribution is -2.32. The van der Waals surface area contributed by atoms with Crippen LogP contribution < -0.4 is 5.32 Å². The first-order chi connectivity index (χ1) is 7.58. The average Bonchev–Trinajstić information content (AvgIpc) is 2.16. The lowest BCUT2D eigenvalue weighted by molar-refractivity contribution is 0.319. The van der Waals surface area contributed by atoms with E-state index < -0.39 is 0 Å². The van der Waals surface area contributed by atoms with Gasteiger partial charge in [0.2, 0.25) is 0 Å². The Balaban J connectivity index is 2.31. The van der Waals surface area contributed by atoms with E-state index in [4.69, 9.17) is 0 Å². The second-order valence-electron chi connectivity index (χ2n) is 4.72. The van der Waals surface area contributed by atoms with Gasteiger partial charge in [-0.2, -0.15) is 0 Å². The third kappa shape index (κ3) is 5.24. The molecule has 0 saturated heterocycles. The van der Waals surface area contributed by atoms with Gasteiger partial charge in [0.15, 0.2) is 0 Å². The maximum Gasteiger partial charge on any atom is 0.0313 e. The van der Waals surface area contributed by atoms with E-state index in [2.05, 4.69) is 49.1 Å². The van der Waals surface area contributed by atoms with Gasteiger partial charge in [0.1, 0.15) is 0 Å². The fourth-order valence-corrected chi connectivity index (χ4v) is 1.64. The molecule has 16 heavy (non-hydrogen) atoms. The summed E-state index contributed by atoms with van der Waals surface area (Å²) in [6.07, 6.45) is 3.84. The molecular formula is C13H23N3. The predicted octanol–water partition coefficient (Wildman–Crippen LogP) is 1.82. The summed E-state index contributed by atoms with van der Waals surface area (Å²) in [6, 6.07) is 2.76. The summed E-state index contributed by atoms with van der Waals surface area (Å²) >= 11 is 0. The van der Waals surface area contributed by atoms with Crippen molar-refractivity contribution >= 4 is 0 Å². The first-order valence-electron chi connectivity index (χ1n) is 5.90. The second-order valence-corrected chi connectivity index (χ2v) is 4.72. The number of likely N-dealkylation sites (N-methyl/N-ethyl adjacent to an activating group) is 1. The van der Waals surface area contributed by atoms with Crippen LogP contribution in [-0.4, -0.2) is 36.1 Å². The molecule has 0 aliphatic carbocycles. The van der Waals surface area contributed by atoms with E-state index in [1.807, 2.05) is 12.4 Å². The van der Waals surface area contributed by atoms with Gasteiger partial charge >= 0.3 is 0 Å². The fourth-order valence-electron chi connectivity index (χ4n) is 1.64. The van der Waals surface area contributed by atoms with Crippen LogP contribution in [0.15, 0.2) is 18.5 Å². The Bertz CT molecular complexity index is 310. The highest BCUT2D eigenvalue weighted by Gasteiger charge is 2.01. The smallest absolute Gasteiger partial charge is 0.0313 e. The zero-order valence-corrected chi connectivity index (χ0v) is 10.8. The number of nitrogens with one attached hydrogen (secondary N) is 1. The van der Waals surface area contributed by atoms with E-state index >= 15 is 0 Å². The normalized spacial score (nSPS) is 11.4. The Morgan fingerprint density at radius 2 is 2.12 bits per heavy atom. The molecule has 1 N–H and O–H groups in total. The van der Waals surface area contributed by atoms with Gasteiger partial charge in [-0.05, 0) is 25.1 Å². The van der Waals surface area contributed by atoms with Crippen molar-refractivity contribution < 1.29 is 0 Å². The van der Waals surface area contributed by atoms with E-state index in [0.717, 1.165) is 19.6 Å². The third-order valence-electron chi connectivity index (χ3n) is 2.43. The first-order valence-corrected chi connectivity index (χ1v) is 5.90. The summed E-state index contributed by atoms with van der Waals surface area (Å²) < 4.78 is 0. The molecule has 3 nitrogen and oxygen atoms in total. The highest BCUT2D eigenvalue weighted by atomic mass is 15.1. The summed E-state index contributed by atoms with van der Waals surface area (Å²) in [6.45, 7) is 9.49. The number of aryl methyl sites for hydroxylation is 1. The van der Waals surface area contributed by atoms with Crippen LogP contribution in [0.3, 0.4) is 0 Å². The molecule has 0 unspecified atom stereocenters. The van der Waals surface area contributed by atoms with Crippen LogP contribution in [0.1, 0.15) is 25.0 Å². The number of nitrogens with zero attached hydrogens (tertiary/aromatic N) is 2. The zero-order valence-electron chi connectivity index (χ0n) is 10.8. The topological polar surface area (TPSA) is 28.2 Å². The average molecular weight is 221 g/mol. The minimum Gasteiger partial charge on any atom is -0.313 e. The molecule has 1 rings (SSSR count). The largest absolute Gasteiger partial charge is 0.313 e.